The molecule has 80 valence electrons. The number of carbonyl (C=O) groups excluding carboxylic acids is 1. The lowest BCUT2D eigenvalue weighted by Gasteiger charge is -2.27. The molecule has 1 N–H and O–H groups in total. The maximum absolute atomic E-state index is 12.0. The van der Waals surface area contributed by atoms with Crippen molar-refractivity contribution >= 4 is 5.91 Å². The molecule has 0 saturated carbocycles. The summed E-state index contributed by atoms with van der Waals surface area (Å²) in [5.41, 5.74) is 1.62. The summed E-state index contributed by atoms with van der Waals surface area (Å²) in [6.07, 6.45) is 1.65. The van der Waals surface area contributed by atoms with Crippen LogP contribution in [0.4, 0.5) is 0 Å². The van der Waals surface area contributed by atoms with Crippen molar-refractivity contribution in [2.24, 2.45) is 0 Å². The topological polar surface area (TPSA) is 45.2 Å². The molecule has 1 aromatic heterocycles. The van der Waals surface area contributed by atoms with E-state index in [2.05, 4.69) is 10.3 Å². The summed E-state index contributed by atoms with van der Waals surface area (Å²) in [5.74, 6) is 0.0870. The van der Waals surface area contributed by atoms with E-state index >= 15 is 0 Å². The Labute approximate surface area is 89.3 Å². The van der Waals surface area contributed by atoms with Crippen LogP contribution >= 0.6 is 0 Å². The fourth-order valence-electron chi connectivity index (χ4n) is 1.64. The molecule has 2 heterocycles. The molecule has 4 heteroatoms. The molecule has 1 aromatic rings. The highest BCUT2D eigenvalue weighted by Gasteiger charge is 2.17. The number of aryl methyl sites for hydroxylation is 1. The van der Waals surface area contributed by atoms with Gasteiger partial charge in [0.1, 0.15) is 0 Å². The average molecular weight is 205 g/mol. The molecule has 4 nitrogen and oxygen atoms in total. The minimum Gasteiger partial charge on any atom is -0.336 e. The Bertz CT molecular complexity index is 341. The largest absolute Gasteiger partial charge is 0.336 e. The monoisotopic (exact) mass is 205 g/mol. The van der Waals surface area contributed by atoms with Gasteiger partial charge in [0.25, 0.3) is 5.91 Å². The zero-order valence-corrected chi connectivity index (χ0v) is 8.86. The Morgan fingerprint density at radius 3 is 2.73 bits per heavy atom. The summed E-state index contributed by atoms with van der Waals surface area (Å²) in [4.78, 5) is 18.0. The molecule has 0 radical (unpaired) electrons. The van der Waals surface area contributed by atoms with Crippen LogP contribution in [0.5, 0.6) is 0 Å². The first kappa shape index (κ1) is 10.1. The fourth-order valence-corrected chi connectivity index (χ4v) is 1.64. The normalized spacial score (nSPS) is 16.5. The van der Waals surface area contributed by atoms with Crippen LogP contribution in [0, 0.1) is 6.92 Å². The number of hydrogen-bond acceptors (Lipinski definition) is 3. The van der Waals surface area contributed by atoms with Crippen LogP contribution in [0.1, 0.15) is 16.1 Å². The summed E-state index contributed by atoms with van der Waals surface area (Å²) in [6.45, 7) is 5.24. The molecule has 1 saturated heterocycles. The van der Waals surface area contributed by atoms with Crippen molar-refractivity contribution in [1.82, 2.24) is 15.2 Å². The molecule has 2 rings (SSSR count). The van der Waals surface area contributed by atoms with Crippen LogP contribution < -0.4 is 5.32 Å². The Hall–Kier alpha value is -1.42. The van der Waals surface area contributed by atoms with Gasteiger partial charge in [0.2, 0.25) is 0 Å². The SMILES string of the molecule is Cc1ccc(C(=O)N2CCNCC2)cn1. The van der Waals surface area contributed by atoms with Crippen LogP contribution in [0.3, 0.4) is 0 Å². The first-order chi connectivity index (χ1) is 7.27. The Morgan fingerprint density at radius 2 is 2.13 bits per heavy atom. The molecular weight excluding hydrogens is 190 g/mol. The number of nitrogens with one attached hydrogen (secondary N) is 1. The minimum absolute atomic E-state index is 0.0870. The number of pyridine rings is 1. The smallest absolute Gasteiger partial charge is 0.255 e. The summed E-state index contributed by atoms with van der Waals surface area (Å²) in [6, 6.07) is 3.71. The number of amides is 1. The van der Waals surface area contributed by atoms with Crippen LogP contribution in [0.15, 0.2) is 18.3 Å². The maximum atomic E-state index is 12.0. The van der Waals surface area contributed by atoms with Gasteiger partial charge in [-0.15, -0.1) is 0 Å². The summed E-state index contributed by atoms with van der Waals surface area (Å²) < 4.78 is 0. The van der Waals surface area contributed by atoms with Crippen LogP contribution in [0.25, 0.3) is 0 Å². The maximum Gasteiger partial charge on any atom is 0.255 e. The fraction of sp³-hybridized carbons (Fsp3) is 0.455. The second kappa shape index (κ2) is 4.40. The number of rotatable bonds is 1. The third-order valence-corrected chi connectivity index (χ3v) is 2.56. The second-order valence-electron chi connectivity index (χ2n) is 3.73. The van der Waals surface area contributed by atoms with Crippen molar-refractivity contribution in [3.8, 4) is 0 Å². The van der Waals surface area contributed by atoms with Gasteiger partial charge in [-0.05, 0) is 19.1 Å². The van der Waals surface area contributed by atoms with Gasteiger partial charge in [0, 0.05) is 38.1 Å². The predicted octanol–water partition coefficient (Wildman–Crippen LogP) is 0.435. The van der Waals surface area contributed by atoms with Crippen LogP contribution in [-0.4, -0.2) is 42.0 Å². The van der Waals surface area contributed by atoms with E-state index in [1.165, 1.54) is 0 Å². The van der Waals surface area contributed by atoms with Gasteiger partial charge in [-0.2, -0.15) is 0 Å². The van der Waals surface area contributed by atoms with E-state index in [0.29, 0.717) is 5.56 Å². The zero-order chi connectivity index (χ0) is 10.7. The van der Waals surface area contributed by atoms with Gasteiger partial charge in [-0.1, -0.05) is 0 Å². The van der Waals surface area contributed by atoms with Crippen molar-refractivity contribution in [1.29, 1.82) is 0 Å². The first-order valence-corrected chi connectivity index (χ1v) is 5.20. The van der Waals surface area contributed by atoms with E-state index in [-0.39, 0.29) is 5.91 Å². The molecular formula is C11H15N3O. The van der Waals surface area contributed by atoms with Gasteiger partial charge in [-0.25, -0.2) is 0 Å². The summed E-state index contributed by atoms with van der Waals surface area (Å²) in [7, 11) is 0. The van der Waals surface area contributed by atoms with Crippen LogP contribution in [0.2, 0.25) is 0 Å². The molecule has 0 aromatic carbocycles. The quantitative estimate of drug-likeness (QED) is 0.723. The van der Waals surface area contributed by atoms with E-state index in [4.69, 9.17) is 0 Å². The molecule has 0 bridgehead atoms. The van der Waals surface area contributed by atoms with Gasteiger partial charge in [0.15, 0.2) is 0 Å². The highest BCUT2D eigenvalue weighted by atomic mass is 16.2. The van der Waals surface area contributed by atoms with Crippen molar-refractivity contribution in [2.45, 2.75) is 6.92 Å². The number of hydrogen-bond donors (Lipinski definition) is 1. The lowest BCUT2D eigenvalue weighted by atomic mass is 10.2. The summed E-state index contributed by atoms with van der Waals surface area (Å²) >= 11 is 0. The second-order valence-corrected chi connectivity index (χ2v) is 3.73. The molecule has 1 amide bonds. The van der Waals surface area contributed by atoms with Crippen LogP contribution in [-0.2, 0) is 0 Å². The van der Waals surface area contributed by atoms with Crippen molar-refractivity contribution in [2.75, 3.05) is 26.2 Å². The third kappa shape index (κ3) is 2.33. The van der Waals surface area contributed by atoms with E-state index < -0.39 is 0 Å². The summed E-state index contributed by atoms with van der Waals surface area (Å²) in [5, 5.41) is 3.22. The number of nitrogens with zero attached hydrogens (tertiary/aromatic N) is 2. The highest BCUT2D eigenvalue weighted by molar-refractivity contribution is 5.94. The Kier molecular flexibility index (Phi) is 2.97. The lowest BCUT2D eigenvalue weighted by molar-refractivity contribution is 0.0735. The first-order valence-electron chi connectivity index (χ1n) is 5.20. The van der Waals surface area contributed by atoms with E-state index in [1.807, 2.05) is 24.0 Å². The predicted molar refractivity (Wildman–Crippen MR) is 57.7 cm³/mol. The number of piperazine rings is 1. The van der Waals surface area contributed by atoms with Gasteiger partial charge >= 0.3 is 0 Å². The molecule has 0 spiro atoms. The van der Waals surface area contributed by atoms with E-state index in [0.717, 1.165) is 31.9 Å². The van der Waals surface area contributed by atoms with Crippen molar-refractivity contribution in [3.63, 3.8) is 0 Å². The molecule has 0 unspecified atom stereocenters. The zero-order valence-electron chi connectivity index (χ0n) is 8.86. The van der Waals surface area contributed by atoms with E-state index in [9.17, 15) is 4.79 Å². The van der Waals surface area contributed by atoms with Gasteiger partial charge in [0.05, 0.1) is 5.56 Å². The molecule has 0 aliphatic carbocycles. The molecule has 1 fully saturated rings. The van der Waals surface area contributed by atoms with Gasteiger partial charge < -0.3 is 10.2 Å². The van der Waals surface area contributed by atoms with Crippen molar-refractivity contribution in [3.05, 3.63) is 29.6 Å². The number of carbonyl (C=O) groups is 1. The average Bonchev–Trinajstić information content (AvgIpc) is 2.30. The molecule has 1 aliphatic heterocycles. The van der Waals surface area contributed by atoms with Crippen molar-refractivity contribution < 1.29 is 4.79 Å². The highest BCUT2D eigenvalue weighted by Crippen LogP contribution is 2.05. The minimum atomic E-state index is 0.0870. The van der Waals surface area contributed by atoms with E-state index in [1.54, 1.807) is 6.20 Å². The Balaban J connectivity index is 2.09. The molecule has 1 aliphatic rings. The Morgan fingerprint density at radius 1 is 1.40 bits per heavy atom. The standard InChI is InChI=1S/C11H15N3O/c1-9-2-3-10(8-13-9)11(15)14-6-4-12-5-7-14/h2-3,8,12H,4-7H2,1H3. The molecule has 0 atom stereocenters. The molecule has 15 heavy (non-hydrogen) atoms. The number of aromatic nitrogens is 1. The van der Waals surface area contributed by atoms with Gasteiger partial charge in [-0.3, -0.25) is 9.78 Å². The lowest BCUT2D eigenvalue weighted by Crippen LogP contribution is -2.46. The third-order valence-electron chi connectivity index (χ3n) is 2.56.